The van der Waals surface area contributed by atoms with Crippen molar-refractivity contribution in [2.75, 3.05) is 13.2 Å². The first-order valence-corrected chi connectivity index (χ1v) is 26.4. The minimum atomic E-state index is -0.827. The molecule has 0 aromatic rings. The number of esters is 3. The predicted octanol–water partition coefficient (Wildman–Crippen LogP) is 17.5. The highest BCUT2D eigenvalue weighted by molar-refractivity contribution is 5.71. The van der Waals surface area contributed by atoms with Crippen LogP contribution in [0, 0.1) is 0 Å². The van der Waals surface area contributed by atoms with Gasteiger partial charge in [0.1, 0.15) is 13.2 Å². The normalized spacial score (nSPS) is 13.0. The molecule has 0 bridgehead atoms. The SMILES string of the molecule is CC/C=C/C/C=C/C/C=C/C/C=C/CCCCCC(=O)OC(COC(=O)CC/C=C/C/C=C/CCCCCCCC)COC(=O)CCCCCCC/C=C/C=C/C=C/CCCCCCC. The second-order valence-electron chi connectivity index (χ2n) is 17.1. The molecular weight excluding hydrogens is 805 g/mol. The van der Waals surface area contributed by atoms with Crippen molar-refractivity contribution < 1.29 is 28.6 Å². The lowest BCUT2D eigenvalue weighted by Crippen LogP contribution is -2.30. The van der Waals surface area contributed by atoms with Crippen LogP contribution >= 0.6 is 0 Å². The van der Waals surface area contributed by atoms with Crippen molar-refractivity contribution in [3.63, 3.8) is 0 Å². The van der Waals surface area contributed by atoms with Crippen LogP contribution in [0.1, 0.15) is 226 Å². The minimum Gasteiger partial charge on any atom is -0.462 e. The van der Waals surface area contributed by atoms with E-state index in [1.165, 1.54) is 70.6 Å². The zero-order chi connectivity index (χ0) is 47.2. The zero-order valence-electron chi connectivity index (χ0n) is 42.0. The van der Waals surface area contributed by atoms with Gasteiger partial charge in [-0.2, -0.15) is 0 Å². The molecule has 0 rings (SSSR count). The summed E-state index contributed by atoms with van der Waals surface area (Å²) >= 11 is 0. The molecule has 0 saturated carbocycles. The van der Waals surface area contributed by atoms with Crippen molar-refractivity contribution in [1.82, 2.24) is 0 Å². The summed E-state index contributed by atoms with van der Waals surface area (Å²) in [5, 5.41) is 0. The monoisotopic (exact) mass is 901 g/mol. The molecule has 0 aliphatic heterocycles. The third-order valence-electron chi connectivity index (χ3n) is 10.8. The van der Waals surface area contributed by atoms with Crippen LogP contribution in [0.5, 0.6) is 0 Å². The van der Waals surface area contributed by atoms with Crippen molar-refractivity contribution in [2.45, 2.75) is 232 Å². The Morgan fingerprint density at radius 2 is 0.692 bits per heavy atom. The Balaban J connectivity index is 4.55. The number of unbranched alkanes of at least 4 members (excludes halogenated alkanes) is 19. The van der Waals surface area contributed by atoms with Crippen molar-refractivity contribution in [1.29, 1.82) is 0 Å². The standard InChI is InChI=1S/C59H96O6/c1-4-7-10-13-16-19-22-25-27-29-30-32-34-37-40-43-46-49-52-58(61)64-55-56(54-63-57(60)51-48-45-42-39-36-33-24-21-18-15-12-9-6-3)65-59(62)53-50-47-44-41-38-35-31-28-26-23-20-17-14-11-8-5-2/h8,11,17,20,22,25-30,32-33,35-36,38,42,45,56H,4-7,9-10,12-16,18-19,21,23-24,31,34,37,39-41,43-44,46-55H2,1-3H3/b11-8+,20-17+,25-22+,28-26+,29-27+,32-30+,36-33+,38-35+,45-42+. The van der Waals surface area contributed by atoms with Gasteiger partial charge in [-0.1, -0.05) is 214 Å². The Bertz CT molecular complexity index is 1360. The fourth-order valence-corrected chi connectivity index (χ4v) is 6.84. The van der Waals surface area contributed by atoms with Gasteiger partial charge >= 0.3 is 17.9 Å². The molecular formula is C59H96O6. The predicted molar refractivity (Wildman–Crippen MR) is 279 cm³/mol. The smallest absolute Gasteiger partial charge is 0.306 e. The number of hydrogen-bond acceptors (Lipinski definition) is 6. The third kappa shape index (κ3) is 50.9. The van der Waals surface area contributed by atoms with Crippen LogP contribution in [0.2, 0.25) is 0 Å². The Labute approximate surface area is 400 Å². The molecule has 0 aliphatic carbocycles. The van der Waals surface area contributed by atoms with Gasteiger partial charge in [0.05, 0.1) is 0 Å². The molecule has 0 saturated heterocycles. The molecule has 1 unspecified atom stereocenters. The summed E-state index contributed by atoms with van der Waals surface area (Å²) in [6.07, 6.45) is 70.8. The zero-order valence-corrected chi connectivity index (χ0v) is 42.0. The largest absolute Gasteiger partial charge is 0.462 e. The van der Waals surface area contributed by atoms with Gasteiger partial charge in [0.15, 0.2) is 6.10 Å². The van der Waals surface area contributed by atoms with E-state index in [9.17, 15) is 14.4 Å². The summed E-state index contributed by atoms with van der Waals surface area (Å²) in [5.41, 5.74) is 0. The molecule has 0 aromatic heterocycles. The van der Waals surface area contributed by atoms with E-state index in [-0.39, 0.29) is 44.0 Å². The van der Waals surface area contributed by atoms with Gasteiger partial charge in [0.25, 0.3) is 0 Å². The van der Waals surface area contributed by atoms with Crippen LogP contribution in [-0.4, -0.2) is 37.2 Å². The average molecular weight is 901 g/mol. The summed E-state index contributed by atoms with van der Waals surface area (Å²) < 4.78 is 16.7. The molecule has 0 radical (unpaired) electrons. The van der Waals surface area contributed by atoms with Crippen molar-refractivity contribution >= 4 is 17.9 Å². The molecule has 65 heavy (non-hydrogen) atoms. The van der Waals surface area contributed by atoms with Gasteiger partial charge in [-0.15, -0.1) is 0 Å². The fraction of sp³-hybridized carbons (Fsp3) is 0.644. The number of allylic oxidation sites excluding steroid dienone is 18. The number of ether oxygens (including phenoxy) is 3. The summed E-state index contributed by atoms with van der Waals surface area (Å²) in [6.45, 7) is 6.39. The Kier molecular flexibility index (Phi) is 49.5. The molecule has 6 nitrogen and oxygen atoms in total. The summed E-state index contributed by atoms with van der Waals surface area (Å²) in [5.74, 6) is -1.05. The van der Waals surface area contributed by atoms with Gasteiger partial charge in [0, 0.05) is 19.3 Å². The first kappa shape index (κ1) is 61.1. The molecule has 6 heteroatoms. The summed E-state index contributed by atoms with van der Waals surface area (Å²) in [7, 11) is 0. The first-order valence-electron chi connectivity index (χ1n) is 26.4. The minimum absolute atomic E-state index is 0.121. The van der Waals surface area contributed by atoms with Gasteiger partial charge in [0.2, 0.25) is 0 Å². The maximum Gasteiger partial charge on any atom is 0.306 e. The van der Waals surface area contributed by atoms with Gasteiger partial charge < -0.3 is 14.2 Å². The lowest BCUT2D eigenvalue weighted by Gasteiger charge is -2.18. The summed E-state index contributed by atoms with van der Waals surface area (Å²) in [6, 6.07) is 0. The van der Waals surface area contributed by atoms with E-state index in [2.05, 4.69) is 124 Å². The van der Waals surface area contributed by atoms with E-state index in [4.69, 9.17) is 14.2 Å². The quantitative estimate of drug-likeness (QED) is 0.0199. The molecule has 0 aliphatic rings. The number of carbonyl (C=O) groups is 3. The van der Waals surface area contributed by atoms with Crippen molar-refractivity contribution in [3.8, 4) is 0 Å². The Morgan fingerprint density at radius 1 is 0.338 bits per heavy atom. The van der Waals surface area contributed by atoms with E-state index in [0.717, 1.165) is 103 Å². The van der Waals surface area contributed by atoms with Crippen LogP contribution in [0.25, 0.3) is 0 Å². The van der Waals surface area contributed by atoms with E-state index < -0.39 is 6.10 Å². The molecule has 0 spiro atoms. The van der Waals surface area contributed by atoms with E-state index in [0.29, 0.717) is 19.3 Å². The molecule has 368 valence electrons. The maximum absolute atomic E-state index is 12.8. The lowest BCUT2D eigenvalue weighted by molar-refractivity contribution is -0.166. The van der Waals surface area contributed by atoms with Crippen LogP contribution in [0.3, 0.4) is 0 Å². The number of hydrogen-bond donors (Lipinski definition) is 0. The maximum atomic E-state index is 12.8. The van der Waals surface area contributed by atoms with Crippen LogP contribution in [0.4, 0.5) is 0 Å². The van der Waals surface area contributed by atoms with Gasteiger partial charge in [-0.3, -0.25) is 14.4 Å². The molecule has 0 aromatic carbocycles. The molecule has 0 heterocycles. The average Bonchev–Trinajstić information content (AvgIpc) is 3.30. The highest BCUT2D eigenvalue weighted by Gasteiger charge is 2.19. The van der Waals surface area contributed by atoms with Crippen LogP contribution < -0.4 is 0 Å². The second-order valence-corrected chi connectivity index (χ2v) is 17.1. The van der Waals surface area contributed by atoms with Gasteiger partial charge in [-0.25, -0.2) is 0 Å². The molecule has 1 atom stereocenters. The number of rotatable bonds is 46. The van der Waals surface area contributed by atoms with E-state index in [1.54, 1.807) is 0 Å². The van der Waals surface area contributed by atoms with Gasteiger partial charge in [-0.05, 0) is 103 Å². The van der Waals surface area contributed by atoms with Crippen LogP contribution in [0.15, 0.2) is 109 Å². The van der Waals surface area contributed by atoms with E-state index >= 15 is 0 Å². The fourth-order valence-electron chi connectivity index (χ4n) is 6.84. The second kappa shape index (κ2) is 52.7. The Hall–Kier alpha value is -3.93. The Morgan fingerprint density at radius 3 is 1.17 bits per heavy atom. The van der Waals surface area contributed by atoms with Crippen molar-refractivity contribution in [2.24, 2.45) is 0 Å². The van der Waals surface area contributed by atoms with Crippen LogP contribution in [-0.2, 0) is 28.6 Å². The molecule has 0 fully saturated rings. The van der Waals surface area contributed by atoms with Crippen molar-refractivity contribution in [3.05, 3.63) is 109 Å². The molecule has 0 N–H and O–H groups in total. The lowest BCUT2D eigenvalue weighted by atomic mass is 10.1. The van der Waals surface area contributed by atoms with E-state index in [1.807, 2.05) is 6.08 Å². The summed E-state index contributed by atoms with van der Waals surface area (Å²) in [4.78, 5) is 38.0. The third-order valence-corrected chi connectivity index (χ3v) is 10.8. The highest BCUT2D eigenvalue weighted by atomic mass is 16.6. The molecule has 0 amide bonds. The number of carbonyl (C=O) groups excluding carboxylic acids is 3. The first-order chi connectivity index (χ1) is 32.0. The topological polar surface area (TPSA) is 78.9 Å². The highest BCUT2D eigenvalue weighted by Crippen LogP contribution is 2.12.